The quantitative estimate of drug-likeness (QED) is 0.496. The molecule has 0 aliphatic rings. The van der Waals surface area contributed by atoms with Gasteiger partial charge in [-0.1, -0.05) is 74.7 Å². The molecule has 1 unspecified atom stereocenters. The van der Waals surface area contributed by atoms with E-state index in [4.69, 9.17) is 0 Å². The molecular formula is C16H33. The van der Waals surface area contributed by atoms with Gasteiger partial charge in [-0.25, -0.2) is 0 Å². The summed E-state index contributed by atoms with van der Waals surface area (Å²) in [5, 5.41) is 0. The van der Waals surface area contributed by atoms with E-state index < -0.39 is 0 Å². The molecule has 0 spiro atoms. The molecule has 0 bridgehead atoms. The van der Waals surface area contributed by atoms with E-state index in [1.807, 2.05) is 0 Å². The fraction of sp³-hybridized carbons (Fsp3) is 0.938. The molecule has 0 fully saturated rings. The molecule has 0 amide bonds. The summed E-state index contributed by atoms with van der Waals surface area (Å²) in [7, 11) is 0. The van der Waals surface area contributed by atoms with Gasteiger partial charge >= 0.3 is 0 Å². The van der Waals surface area contributed by atoms with Crippen LogP contribution in [0.2, 0.25) is 0 Å². The van der Waals surface area contributed by atoms with E-state index in [1.165, 1.54) is 25.7 Å². The van der Waals surface area contributed by atoms with Gasteiger partial charge in [-0.2, -0.15) is 0 Å². The van der Waals surface area contributed by atoms with E-state index >= 15 is 0 Å². The molecule has 0 aliphatic carbocycles. The molecule has 0 N–H and O–H groups in total. The first-order chi connectivity index (χ1) is 7.13. The summed E-state index contributed by atoms with van der Waals surface area (Å²) in [5.41, 5.74) is 0.820. The van der Waals surface area contributed by atoms with Crippen molar-refractivity contribution in [2.24, 2.45) is 16.7 Å². The third-order valence-corrected chi connectivity index (χ3v) is 3.65. The second kappa shape index (κ2) is 6.07. The van der Waals surface area contributed by atoms with E-state index in [-0.39, 0.29) is 0 Å². The zero-order chi connectivity index (χ0) is 13.0. The normalized spacial score (nSPS) is 15.6. The molecule has 0 aromatic carbocycles. The van der Waals surface area contributed by atoms with Crippen molar-refractivity contribution in [2.45, 2.75) is 81.1 Å². The Morgan fingerprint density at radius 1 is 0.938 bits per heavy atom. The third-order valence-electron chi connectivity index (χ3n) is 3.65. The Hall–Kier alpha value is 0. The highest BCUT2D eigenvalue weighted by Gasteiger charge is 2.39. The number of hydrogen-bond acceptors (Lipinski definition) is 0. The minimum absolute atomic E-state index is 0.383. The maximum atomic E-state index is 2.45. The smallest absolute Gasteiger partial charge is 0.0257 e. The highest BCUT2D eigenvalue weighted by atomic mass is 14.4. The molecular weight excluding hydrogens is 192 g/mol. The molecule has 0 saturated carbocycles. The average molecular weight is 225 g/mol. The van der Waals surface area contributed by atoms with Crippen LogP contribution in [0.15, 0.2) is 0 Å². The van der Waals surface area contributed by atoms with Crippen LogP contribution in [0.4, 0.5) is 0 Å². The van der Waals surface area contributed by atoms with Gasteiger partial charge in [-0.15, -0.1) is 0 Å². The van der Waals surface area contributed by atoms with Gasteiger partial charge < -0.3 is 0 Å². The maximum absolute atomic E-state index is 2.45. The van der Waals surface area contributed by atoms with Crippen molar-refractivity contribution in [3.8, 4) is 0 Å². The minimum atomic E-state index is 0.383. The predicted octanol–water partition coefficient (Wildman–Crippen LogP) is 5.87. The molecule has 0 nitrogen and oxygen atoms in total. The highest BCUT2D eigenvalue weighted by molar-refractivity contribution is 5.01. The van der Waals surface area contributed by atoms with Crippen LogP contribution in [0.25, 0.3) is 0 Å². The second-order valence-corrected chi connectivity index (χ2v) is 7.32. The summed E-state index contributed by atoms with van der Waals surface area (Å²) in [4.78, 5) is 0. The Morgan fingerprint density at radius 2 is 1.44 bits per heavy atom. The summed E-state index contributed by atoms with van der Waals surface area (Å²) in [6, 6.07) is 0. The first-order valence-corrected chi connectivity index (χ1v) is 6.93. The van der Waals surface area contributed by atoms with Crippen molar-refractivity contribution in [3.05, 3.63) is 5.92 Å². The predicted molar refractivity (Wildman–Crippen MR) is 75.5 cm³/mol. The Kier molecular flexibility index (Phi) is 6.07. The maximum Gasteiger partial charge on any atom is -0.0257 e. The van der Waals surface area contributed by atoms with E-state index in [0.717, 1.165) is 5.92 Å². The van der Waals surface area contributed by atoms with E-state index in [0.29, 0.717) is 10.8 Å². The van der Waals surface area contributed by atoms with Gasteiger partial charge in [-0.3, -0.25) is 0 Å². The van der Waals surface area contributed by atoms with Crippen molar-refractivity contribution in [3.63, 3.8) is 0 Å². The van der Waals surface area contributed by atoms with Crippen molar-refractivity contribution in [2.75, 3.05) is 0 Å². The summed E-state index contributed by atoms with van der Waals surface area (Å²) in [5.74, 6) is 2.31. The Bertz CT molecular complexity index is 181. The van der Waals surface area contributed by atoms with Gasteiger partial charge in [0.2, 0.25) is 0 Å². The molecule has 97 valence electrons. The second-order valence-electron chi connectivity index (χ2n) is 7.32. The molecule has 1 radical (unpaired) electrons. The Balaban J connectivity index is 4.64. The minimum Gasteiger partial charge on any atom is -0.0654 e. The van der Waals surface area contributed by atoms with Crippen molar-refractivity contribution in [1.82, 2.24) is 0 Å². The van der Waals surface area contributed by atoms with E-state index in [2.05, 4.69) is 55.4 Å². The summed E-state index contributed by atoms with van der Waals surface area (Å²) in [6.45, 7) is 18.9. The van der Waals surface area contributed by atoms with Gasteiger partial charge in [0.05, 0.1) is 0 Å². The molecule has 0 aromatic heterocycles. The summed E-state index contributed by atoms with van der Waals surface area (Å²) >= 11 is 0. The molecule has 0 heterocycles. The lowest BCUT2D eigenvalue weighted by atomic mass is 9.59. The fourth-order valence-corrected chi connectivity index (χ4v) is 3.79. The number of rotatable bonds is 6. The van der Waals surface area contributed by atoms with Crippen molar-refractivity contribution >= 4 is 0 Å². The van der Waals surface area contributed by atoms with E-state index in [9.17, 15) is 0 Å². The zero-order valence-electron chi connectivity index (χ0n) is 12.9. The van der Waals surface area contributed by atoms with Crippen LogP contribution < -0.4 is 0 Å². The summed E-state index contributed by atoms with van der Waals surface area (Å²) < 4.78 is 0. The van der Waals surface area contributed by atoms with Crippen LogP contribution in [0.5, 0.6) is 0 Å². The van der Waals surface area contributed by atoms with Crippen LogP contribution in [-0.4, -0.2) is 0 Å². The van der Waals surface area contributed by atoms with Gasteiger partial charge in [-0.05, 0) is 29.1 Å². The number of unbranched alkanes of at least 4 members (excludes halogenated alkanes) is 2. The van der Waals surface area contributed by atoms with Gasteiger partial charge in [0.25, 0.3) is 0 Å². The first-order valence-electron chi connectivity index (χ1n) is 6.93. The van der Waals surface area contributed by atoms with Crippen LogP contribution >= 0.6 is 0 Å². The SMILES string of the molecule is CCCCCC(C)(C)C([C](C)C)C(C)(C)C. The average Bonchev–Trinajstić information content (AvgIpc) is 1.98. The lowest BCUT2D eigenvalue weighted by molar-refractivity contribution is 0.0887. The topological polar surface area (TPSA) is 0 Å². The van der Waals surface area contributed by atoms with Gasteiger partial charge in [0.1, 0.15) is 0 Å². The zero-order valence-corrected chi connectivity index (χ0v) is 12.9. The van der Waals surface area contributed by atoms with Crippen molar-refractivity contribution < 1.29 is 0 Å². The lowest BCUT2D eigenvalue weighted by Gasteiger charge is -2.45. The molecule has 16 heavy (non-hydrogen) atoms. The molecule has 0 aliphatic heterocycles. The van der Waals surface area contributed by atoms with Gasteiger partial charge in [0.15, 0.2) is 0 Å². The Morgan fingerprint density at radius 3 is 1.75 bits per heavy atom. The molecule has 0 saturated heterocycles. The first kappa shape index (κ1) is 16.0. The monoisotopic (exact) mass is 225 g/mol. The molecule has 0 rings (SSSR count). The van der Waals surface area contributed by atoms with E-state index in [1.54, 1.807) is 5.92 Å². The molecule has 0 heteroatoms. The Labute approximate surface area is 104 Å². The summed E-state index contributed by atoms with van der Waals surface area (Å²) in [6.07, 6.45) is 5.44. The van der Waals surface area contributed by atoms with Crippen LogP contribution in [0.3, 0.4) is 0 Å². The highest BCUT2D eigenvalue weighted by Crippen LogP contribution is 2.48. The molecule has 1 atom stereocenters. The number of hydrogen-bond donors (Lipinski definition) is 0. The fourth-order valence-electron chi connectivity index (χ4n) is 3.79. The standard InChI is InChI=1S/C16H33/c1-9-10-11-12-16(7,8)14(13(2)3)15(4,5)6/h14H,9-12H2,1-8H3. The van der Waals surface area contributed by atoms with Crippen LogP contribution in [0, 0.1) is 22.7 Å². The van der Waals surface area contributed by atoms with Crippen LogP contribution in [-0.2, 0) is 0 Å². The third kappa shape index (κ3) is 4.89. The lowest BCUT2D eigenvalue weighted by Crippen LogP contribution is -2.37. The van der Waals surface area contributed by atoms with Crippen molar-refractivity contribution in [1.29, 1.82) is 0 Å². The van der Waals surface area contributed by atoms with Crippen LogP contribution in [0.1, 0.15) is 81.1 Å². The van der Waals surface area contributed by atoms with Gasteiger partial charge in [0, 0.05) is 0 Å². The largest absolute Gasteiger partial charge is 0.0654 e. The molecule has 0 aromatic rings.